The van der Waals surface area contributed by atoms with E-state index in [4.69, 9.17) is 0 Å². The molecule has 0 unspecified atom stereocenters. The Kier molecular flexibility index (Phi) is 4.51. The van der Waals surface area contributed by atoms with Gasteiger partial charge in [0.15, 0.2) is 0 Å². The van der Waals surface area contributed by atoms with E-state index in [1.54, 1.807) is 4.90 Å². The number of aromatic hydroxyl groups is 1. The first-order valence-corrected chi connectivity index (χ1v) is 10.5. The lowest BCUT2D eigenvalue weighted by molar-refractivity contribution is 0.0767. The van der Waals surface area contributed by atoms with E-state index in [0.29, 0.717) is 30.8 Å². The number of carbonyl (C=O) groups is 1. The molecule has 0 aromatic heterocycles. The molecule has 1 fully saturated rings. The molecular weight excluding hydrogens is 362 g/mol. The van der Waals surface area contributed by atoms with Gasteiger partial charge in [0, 0.05) is 24.2 Å². The van der Waals surface area contributed by atoms with Crippen molar-refractivity contribution in [1.29, 1.82) is 0 Å². The fourth-order valence-electron chi connectivity index (χ4n) is 4.85. The summed E-state index contributed by atoms with van der Waals surface area (Å²) in [5.74, 6) is 0.341. The first-order chi connectivity index (χ1) is 14.1. The van der Waals surface area contributed by atoms with Crippen molar-refractivity contribution in [3.05, 3.63) is 65.2 Å². The third kappa shape index (κ3) is 3.08. The minimum absolute atomic E-state index is 0.0426. The number of fused-ring (bicyclic) bond motifs is 2. The summed E-state index contributed by atoms with van der Waals surface area (Å²) in [6.07, 6.45) is 4.43. The minimum Gasteiger partial charge on any atom is -0.507 e. The lowest BCUT2D eigenvalue weighted by Gasteiger charge is -2.20. The van der Waals surface area contributed by atoms with Crippen molar-refractivity contribution >= 4 is 16.7 Å². The van der Waals surface area contributed by atoms with Crippen LogP contribution in [0.3, 0.4) is 0 Å². The predicted octanol–water partition coefficient (Wildman–Crippen LogP) is 4.30. The Morgan fingerprint density at radius 3 is 2.55 bits per heavy atom. The molecule has 5 rings (SSSR count). The first-order valence-electron chi connectivity index (χ1n) is 10.5. The van der Waals surface area contributed by atoms with E-state index in [1.807, 2.05) is 42.5 Å². The number of aliphatic hydroxyl groups is 1. The molecule has 29 heavy (non-hydrogen) atoms. The third-order valence-electron chi connectivity index (χ3n) is 6.40. The van der Waals surface area contributed by atoms with Crippen LogP contribution >= 0.6 is 0 Å². The lowest BCUT2D eigenvalue weighted by atomic mass is 9.86. The molecule has 0 spiro atoms. The quantitative estimate of drug-likeness (QED) is 0.689. The minimum atomic E-state index is -0.433. The monoisotopic (exact) mass is 387 g/mol. The number of nitrogens with zero attached hydrogens (tertiary/aromatic N) is 1. The van der Waals surface area contributed by atoms with Crippen LogP contribution in [0.4, 0.5) is 0 Å². The normalized spacial score (nSPS) is 18.8. The highest BCUT2D eigenvalue weighted by Crippen LogP contribution is 2.40. The van der Waals surface area contributed by atoms with Crippen molar-refractivity contribution in [3.8, 4) is 16.9 Å². The molecule has 2 aliphatic rings. The molecule has 3 aromatic rings. The smallest absolute Gasteiger partial charge is 0.254 e. The van der Waals surface area contributed by atoms with Crippen LogP contribution in [0.2, 0.25) is 0 Å². The van der Waals surface area contributed by atoms with E-state index < -0.39 is 6.10 Å². The second-order valence-corrected chi connectivity index (χ2v) is 8.21. The number of aryl methyl sites for hydroxylation is 1. The van der Waals surface area contributed by atoms with E-state index in [1.165, 1.54) is 12.0 Å². The summed E-state index contributed by atoms with van der Waals surface area (Å²) >= 11 is 0. The summed E-state index contributed by atoms with van der Waals surface area (Å²) in [7, 11) is 0. The number of amides is 1. The van der Waals surface area contributed by atoms with Crippen molar-refractivity contribution in [2.24, 2.45) is 0 Å². The number of rotatable bonds is 2. The fourth-order valence-corrected chi connectivity index (χ4v) is 4.85. The SMILES string of the molecule is O=C(c1cccc2c(-c3ccc4c(c3O)CCCC4)cccc12)N1CC[C@@H](O)C1. The molecule has 3 aromatic carbocycles. The zero-order chi connectivity index (χ0) is 20.0. The Bertz CT molecular complexity index is 1100. The standard InChI is InChI=1S/C25H25NO3/c27-17-13-14-26(15-17)25(29)23-10-4-7-19-20(8-3-9-21(19)23)22-12-11-16-5-1-2-6-18(16)24(22)28/h3-4,7-12,17,27-28H,1-2,5-6,13-15H2/t17-/m1/s1. The van der Waals surface area contributed by atoms with Crippen LogP contribution in [-0.4, -0.2) is 40.2 Å². The van der Waals surface area contributed by atoms with Crippen LogP contribution in [0.25, 0.3) is 21.9 Å². The highest BCUT2D eigenvalue weighted by atomic mass is 16.3. The number of hydrogen-bond acceptors (Lipinski definition) is 3. The second-order valence-electron chi connectivity index (χ2n) is 8.21. The van der Waals surface area contributed by atoms with Gasteiger partial charge in [0.1, 0.15) is 5.75 Å². The molecule has 0 saturated carbocycles. The zero-order valence-electron chi connectivity index (χ0n) is 16.4. The van der Waals surface area contributed by atoms with Gasteiger partial charge in [-0.25, -0.2) is 0 Å². The molecule has 148 valence electrons. The summed E-state index contributed by atoms with van der Waals surface area (Å²) in [4.78, 5) is 14.8. The topological polar surface area (TPSA) is 60.8 Å². The number of hydrogen-bond donors (Lipinski definition) is 2. The Balaban J connectivity index is 1.63. The van der Waals surface area contributed by atoms with Gasteiger partial charge in [0.25, 0.3) is 5.91 Å². The maximum absolute atomic E-state index is 13.1. The zero-order valence-corrected chi connectivity index (χ0v) is 16.4. The summed E-state index contributed by atoms with van der Waals surface area (Å²) in [6, 6.07) is 15.9. The fraction of sp³-hybridized carbons (Fsp3) is 0.320. The van der Waals surface area contributed by atoms with Crippen LogP contribution in [0, 0.1) is 0 Å². The largest absolute Gasteiger partial charge is 0.507 e. The number of carbonyl (C=O) groups excluding carboxylic acids is 1. The van der Waals surface area contributed by atoms with Gasteiger partial charge in [-0.2, -0.15) is 0 Å². The number of benzene rings is 3. The lowest BCUT2D eigenvalue weighted by Crippen LogP contribution is -2.29. The van der Waals surface area contributed by atoms with Gasteiger partial charge in [-0.3, -0.25) is 4.79 Å². The molecule has 1 amide bonds. The van der Waals surface area contributed by atoms with Gasteiger partial charge in [-0.15, -0.1) is 0 Å². The van der Waals surface area contributed by atoms with Gasteiger partial charge in [0.2, 0.25) is 0 Å². The van der Waals surface area contributed by atoms with E-state index in [9.17, 15) is 15.0 Å². The Hall–Kier alpha value is -2.85. The van der Waals surface area contributed by atoms with Gasteiger partial charge in [-0.05, 0) is 65.6 Å². The van der Waals surface area contributed by atoms with Crippen LogP contribution in [0.15, 0.2) is 48.5 Å². The third-order valence-corrected chi connectivity index (χ3v) is 6.40. The van der Waals surface area contributed by atoms with Crippen molar-refractivity contribution in [2.45, 2.75) is 38.2 Å². The molecule has 1 aliphatic carbocycles. The van der Waals surface area contributed by atoms with E-state index in [2.05, 4.69) is 6.07 Å². The molecule has 0 bridgehead atoms. The van der Waals surface area contributed by atoms with Gasteiger partial charge < -0.3 is 15.1 Å². The maximum atomic E-state index is 13.1. The number of likely N-dealkylation sites (tertiary alicyclic amines) is 1. The molecule has 0 radical (unpaired) electrons. The predicted molar refractivity (Wildman–Crippen MR) is 114 cm³/mol. The summed E-state index contributed by atoms with van der Waals surface area (Å²) in [6.45, 7) is 0.974. The number of phenolic OH excluding ortho intramolecular Hbond substituents is 1. The Morgan fingerprint density at radius 1 is 0.931 bits per heavy atom. The van der Waals surface area contributed by atoms with Crippen LogP contribution in [-0.2, 0) is 12.8 Å². The molecule has 4 nitrogen and oxygen atoms in total. The summed E-state index contributed by atoms with van der Waals surface area (Å²) in [5, 5.41) is 22.7. The van der Waals surface area contributed by atoms with E-state index in [-0.39, 0.29) is 5.91 Å². The number of β-amino-alcohol motifs (C(OH)–C–C–N with tert-alkyl or cyclic N) is 1. The van der Waals surface area contributed by atoms with Crippen molar-refractivity contribution in [2.75, 3.05) is 13.1 Å². The average molecular weight is 387 g/mol. The molecule has 4 heteroatoms. The maximum Gasteiger partial charge on any atom is 0.254 e. The van der Waals surface area contributed by atoms with E-state index >= 15 is 0 Å². The highest BCUT2D eigenvalue weighted by molar-refractivity contribution is 6.11. The van der Waals surface area contributed by atoms with Crippen LogP contribution in [0.1, 0.15) is 40.7 Å². The molecule has 2 N–H and O–H groups in total. The van der Waals surface area contributed by atoms with Crippen molar-refractivity contribution in [1.82, 2.24) is 4.90 Å². The van der Waals surface area contributed by atoms with Crippen LogP contribution in [0.5, 0.6) is 5.75 Å². The second kappa shape index (κ2) is 7.20. The first kappa shape index (κ1) is 18.2. The Labute approximate surface area is 170 Å². The number of aliphatic hydroxyl groups excluding tert-OH is 1. The molecule has 1 atom stereocenters. The van der Waals surface area contributed by atoms with Gasteiger partial charge >= 0.3 is 0 Å². The van der Waals surface area contributed by atoms with E-state index in [0.717, 1.165) is 46.7 Å². The highest BCUT2D eigenvalue weighted by Gasteiger charge is 2.27. The molecule has 1 heterocycles. The molecule has 1 aliphatic heterocycles. The summed E-state index contributed by atoms with van der Waals surface area (Å²) in [5.41, 5.74) is 4.75. The number of phenols is 1. The van der Waals surface area contributed by atoms with Crippen molar-refractivity contribution in [3.63, 3.8) is 0 Å². The van der Waals surface area contributed by atoms with Gasteiger partial charge in [0.05, 0.1) is 6.10 Å². The molecule has 1 saturated heterocycles. The average Bonchev–Trinajstić information content (AvgIpc) is 3.19. The Morgan fingerprint density at radius 2 is 1.72 bits per heavy atom. The van der Waals surface area contributed by atoms with Crippen LogP contribution < -0.4 is 0 Å². The summed E-state index contributed by atoms with van der Waals surface area (Å²) < 4.78 is 0. The van der Waals surface area contributed by atoms with Crippen molar-refractivity contribution < 1.29 is 15.0 Å². The van der Waals surface area contributed by atoms with Gasteiger partial charge in [-0.1, -0.05) is 42.5 Å². The molecular formula is C25H25NO3.